The first kappa shape index (κ1) is 27.9. The molecule has 2 aliphatic rings. The van der Waals surface area contributed by atoms with E-state index in [1.165, 1.54) is 18.6 Å². The second kappa shape index (κ2) is 13.1. The van der Waals surface area contributed by atoms with Crippen LogP contribution in [0.2, 0.25) is 0 Å². The Morgan fingerprint density at radius 3 is 2.23 bits per heavy atom. The summed E-state index contributed by atoms with van der Waals surface area (Å²) >= 11 is 0. The van der Waals surface area contributed by atoms with Crippen LogP contribution in [0.4, 0.5) is 4.39 Å². The normalized spacial score (nSPS) is 20.6. The molecule has 3 aromatic carbocycles. The van der Waals surface area contributed by atoms with Gasteiger partial charge in [-0.25, -0.2) is 4.39 Å². The van der Waals surface area contributed by atoms with Gasteiger partial charge < -0.3 is 14.5 Å². The number of carbonyl (C=O) groups excluding carboxylic acids is 2. The SMILES string of the molecule is COc1ccc([C@H]2CCCN(C(=O)C3CCCCC3)[C@H](Cc3ccccc3)C(=O)N2Cc2ccc(F)cc2)cc1. The molecular formula is C34H39FN2O3. The molecule has 2 fully saturated rings. The molecule has 40 heavy (non-hydrogen) atoms. The number of ether oxygens (including phenoxy) is 1. The van der Waals surface area contributed by atoms with Gasteiger partial charge in [0.2, 0.25) is 11.8 Å². The lowest BCUT2D eigenvalue weighted by Gasteiger charge is -2.43. The Kier molecular flexibility index (Phi) is 9.15. The van der Waals surface area contributed by atoms with E-state index in [1.807, 2.05) is 64.4 Å². The molecule has 1 heterocycles. The van der Waals surface area contributed by atoms with E-state index >= 15 is 0 Å². The van der Waals surface area contributed by atoms with Crippen molar-refractivity contribution >= 4 is 11.8 Å². The molecule has 2 amide bonds. The van der Waals surface area contributed by atoms with Crippen molar-refractivity contribution in [1.82, 2.24) is 9.80 Å². The van der Waals surface area contributed by atoms with Gasteiger partial charge in [-0.2, -0.15) is 0 Å². The van der Waals surface area contributed by atoms with Crippen LogP contribution < -0.4 is 4.74 Å². The minimum Gasteiger partial charge on any atom is -0.497 e. The highest BCUT2D eigenvalue weighted by Gasteiger charge is 2.40. The van der Waals surface area contributed by atoms with Crippen LogP contribution in [0.5, 0.6) is 5.75 Å². The molecular weight excluding hydrogens is 503 g/mol. The quantitative estimate of drug-likeness (QED) is 0.333. The minimum atomic E-state index is -0.599. The van der Waals surface area contributed by atoms with E-state index in [4.69, 9.17) is 4.74 Å². The first-order chi connectivity index (χ1) is 19.5. The number of rotatable bonds is 7. The highest BCUT2D eigenvalue weighted by Crippen LogP contribution is 2.34. The van der Waals surface area contributed by atoms with Gasteiger partial charge in [0, 0.05) is 25.4 Å². The fourth-order valence-corrected chi connectivity index (χ4v) is 6.27. The lowest BCUT2D eigenvalue weighted by Crippen LogP contribution is -2.55. The van der Waals surface area contributed by atoms with Crippen molar-refractivity contribution in [1.29, 1.82) is 0 Å². The highest BCUT2D eigenvalue weighted by atomic mass is 19.1. The molecule has 0 aromatic heterocycles. The van der Waals surface area contributed by atoms with Crippen LogP contribution in [-0.4, -0.2) is 41.3 Å². The molecule has 1 saturated heterocycles. The van der Waals surface area contributed by atoms with Gasteiger partial charge in [-0.05, 0) is 66.6 Å². The maximum absolute atomic E-state index is 14.7. The second-order valence-corrected chi connectivity index (χ2v) is 11.1. The maximum Gasteiger partial charge on any atom is 0.246 e. The summed E-state index contributed by atoms with van der Waals surface area (Å²) in [5.41, 5.74) is 2.92. The zero-order valence-corrected chi connectivity index (χ0v) is 23.3. The van der Waals surface area contributed by atoms with Crippen molar-refractivity contribution in [2.24, 2.45) is 5.92 Å². The third kappa shape index (κ3) is 6.55. The van der Waals surface area contributed by atoms with Crippen LogP contribution in [0.1, 0.15) is 67.7 Å². The fourth-order valence-electron chi connectivity index (χ4n) is 6.27. The molecule has 1 saturated carbocycles. The molecule has 6 heteroatoms. The van der Waals surface area contributed by atoms with Gasteiger partial charge in [-0.3, -0.25) is 9.59 Å². The van der Waals surface area contributed by atoms with Gasteiger partial charge in [0.25, 0.3) is 0 Å². The molecule has 1 aliphatic carbocycles. The molecule has 1 aliphatic heterocycles. The Bertz CT molecular complexity index is 1260. The minimum absolute atomic E-state index is 0.0119. The number of hydrogen-bond acceptors (Lipinski definition) is 3. The largest absolute Gasteiger partial charge is 0.497 e. The lowest BCUT2D eigenvalue weighted by atomic mass is 9.87. The third-order valence-corrected chi connectivity index (χ3v) is 8.47. The van der Waals surface area contributed by atoms with Crippen molar-refractivity contribution in [2.75, 3.05) is 13.7 Å². The Morgan fingerprint density at radius 1 is 0.850 bits per heavy atom. The summed E-state index contributed by atoms with van der Waals surface area (Å²) in [6.45, 7) is 0.905. The highest BCUT2D eigenvalue weighted by molar-refractivity contribution is 5.89. The van der Waals surface area contributed by atoms with Gasteiger partial charge in [0.05, 0.1) is 13.2 Å². The molecule has 0 spiro atoms. The topological polar surface area (TPSA) is 49.9 Å². The molecule has 5 nitrogen and oxygen atoms in total. The number of nitrogens with zero attached hydrogens (tertiary/aromatic N) is 2. The predicted octanol–water partition coefficient (Wildman–Crippen LogP) is 6.72. The number of amides is 2. The zero-order chi connectivity index (χ0) is 27.9. The summed E-state index contributed by atoms with van der Waals surface area (Å²) in [5.74, 6) is 0.511. The second-order valence-electron chi connectivity index (χ2n) is 11.1. The Hall–Kier alpha value is -3.67. The predicted molar refractivity (Wildman–Crippen MR) is 154 cm³/mol. The summed E-state index contributed by atoms with van der Waals surface area (Å²) in [6, 6.07) is 23.5. The first-order valence-electron chi connectivity index (χ1n) is 14.6. The Morgan fingerprint density at radius 2 is 1.55 bits per heavy atom. The number of halogens is 1. The summed E-state index contributed by atoms with van der Waals surface area (Å²) in [5, 5.41) is 0. The van der Waals surface area contributed by atoms with Gasteiger partial charge >= 0.3 is 0 Å². The van der Waals surface area contributed by atoms with E-state index in [-0.39, 0.29) is 29.6 Å². The average molecular weight is 543 g/mol. The van der Waals surface area contributed by atoms with Crippen LogP contribution in [-0.2, 0) is 22.6 Å². The van der Waals surface area contributed by atoms with Crippen LogP contribution in [0.3, 0.4) is 0 Å². The molecule has 0 radical (unpaired) electrons. The number of benzene rings is 3. The summed E-state index contributed by atoms with van der Waals surface area (Å²) in [4.78, 5) is 32.5. The monoisotopic (exact) mass is 542 g/mol. The van der Waals surface area contributed by atoms with Crippen molar-refractivity contribution in [3.8, 4) is 5.75 Å². The van der Waals surface area contributed by atoms with Crippen molar-refractivity contribution in [3.63, 3.8) is 0 Å². The van der Waals surface area contributed by atoms with Crippen LogP contribution in [0, 0.1) is 11.7 Å². The van der Waals surface area contributed by atoms with Crippen molar-refractivity contribution < 1.29 is 18.7 Å². The number of methoxy groups -OCH3 is 1. The number of hydrogen-bond donors (Lipinski definition) is 0. The zero-order valence-electron chi connectivity index (χ0n) is 23.3. The van der Waals surface area contributed by atoms with Gasteiger partial charge in [0.1, 0.15) is 17.6 Å². The lowest BCUT2D eigenvalue weighted by molar-refractivity contribution is -0.152. The van der Waals surface area contributed by atoms with Gasteiger partial charge in [-0.15, -0.1) is 0 Å². The molecule has 5 rings (SSSR count). The molecule has 0 unspecified atom stereocenters. The third-order valence-electron chi connectivity index (χ3n) is 8.47. The van der Waals surface area contributed by atoms with E-state index in [0.717, 1.165) is 61.0 Å². The maximum atomic E-state index is 14.7. The Balaban J connectivity index is 1.53. The molecule has 2 atom stereocenters. The molecule has 0 bridgehead atoms. The van der Waals surface area contributed by atoms with E-state index in [0.29, 0.717) is 19.5 Å². The van der Waals surface area contributed by atoms with E-state index in [9.17, 15) is 14.0 Å². The molecule has 210 valence electrons. The van der Waals surface area contributed by atoms with Gasteiger partial charge in [0.15, 0.2) is 0 Å². The fraction of sp³-hybridized carbons (Fsp3) is 0.412. The van der Waals surface area contributed by atoms with Crippen LogP contribution in [0.15, 0.2) is 78.9 Å². The summed E-state index contributed by atoms with van der Waals surface area (Å²) in [6.07, 6.45) is 7.08. The standard InChI is InChI=1S/C34H39FN2O3/c1-40-30-20-16-27(17-21-30)31-13-8-22-36(33(38)28-11-6-3-7-12-28)32(23-25-9-4-2-5-10-25)34(39)37(31)24-26-14-18-29(35)19-15-26/h2,4-5,9-10,14-21,28,31-32H,3,6-8,11-13,22-24H2,1H3/t31-,32-/m1/s1. The van der Waals surface area contributed by atoms with Gasteiger partial charge in [-0.1, -0.05) is 73.9 Å². The van der Waals surface area contributed by atoms with E-state index < -0.39 is 6.04 Å². The van der Waals surface area contributed by atoms with E-state index in [1.54, 1.807) is 19.2 Å². The molecule has 3 aromatic rings. The smallest absolute Gasteiger partial charge is 0.246 e. The number of carbonyl (C=O) groups is 2. The van der Waals surface area contributed by atoms with Crippen molar-refractivity contribution in [2.45, 2.75) is 70.0 Å². The van der Waals surface area contributed by atoms with Crippen molar-refractivity contribution in [3.05, 3.63) is 101 Å². The van der Waals surface area contributed by atoms with E-state index in [2.05, 4.69) is 0 Å². The summed E-state index contributed by atoms with van der Waals surface area (Å²) in [7, 11) is 1.64. The van der Waals surface area contributed by atoms with Crippen LogP contribution >= 0.6 is 0 Å². The Labute approximate surface area is 236 Å². The van der Waals surface area contributed by atoms with Crippen LogP contribution in [0.25, 0.3) is 0 Å². The average Bonchev–Trinajstić information content (AvgIpc) is 3.00. The molecule has 0 N–H and O–H groups in total. The summed E-state index contributed by atoms with van der Waals surface area (Å²) < 4.78 is 19.1. The first-order valence-corrected chi connectivity index (χ1v) is 14.6.